The summed E-state index contributed by atoms with van der Waals surface area (Å²) in [6.45, 7) is 2.35. The van der Waals surface area contributed by atoms with Gasteiger partial charge in [0.1, 0.15) is 11.6 Å². The van der Waals surface area contributed by atoms with Crippen LogP contribution < -0.4 is 5.32 Å². The molecule has 0 bridgehead atoms. The Morgan fingerprint density at radius 1 is 1.44 bits per heavy atom. The summed E-state index contributed by atoms with van der Waals surface area (Å²) in [6.07, 6.45) is 0. The van der Waals surface area contributed by atoms with Gasteiger partial charge in [-0.3, -0.25) is 0 Å². The number of halogens is 2. The summed E-state index contributed by atoms with van der Waals surface area (Å²) < 4.78 is 26.0. The molecule has 0 aliphatic carbocycles. The number of nitrogens with one attached hydrogen (secondary N) is 1. The average molecular weight is 228 g/mol. The van der Waals surface area contributed by atoms with Gasteiger partial charge in [-0.25, -0.2) is 13.6 Å². The van der Waals surface area contributed by atoms with Crippen LogP contribution in [-0.2, 0) is 6.54 Å². The van der Waals surface area contributed by atoms with Crippen LogP contribution in [0.4, 0.5) is 13.6 Å². The van der Waals surface area contributed by atoms with Crippen molar-refractivity contribution in [3.05, 3.63) is 35.4 Å². The Morgan fingerprint density at radius 2 is 2.12 bits per heavy atom. The zero-order valence-electron chi connectivity index (χ0n) is 9.26. The van der Waals surface area contributed by atoms with Crippen molar-refractivity contribution in [2.45, 2.75) is 13.5 Å². The number of carbonyl (C=O) groups excluding carboxylic acids is 1. The first-order chi connectivity index (χ1) is 7.54. The van der Waals surface area contributed by atoms with Gasteiger partial charge in [-0.2, -0.15) is 0 Å². The summed E-state index contributed by atoms with van der Waals surface area (Å²) in [6, 6.07) is 2.84. The Balaban J connectivity index is 2.61. The Morgan fingerprint density at radius 3 is 2.75 bits per heavy atom. The van der Waals surface area contributed by atoms with E-state index in [1.807, 2.05) is 6.92 Å². The minimum atomic E-state index is -0.527. The number of benzene rings is 1. The molecule has 0 unspecified atom stereocenters. The summed E-state index contributed by atoms with van der Waals surface area (Å²) in [5, 5.41) is 2.50. The van der Waals surface area contributed by atoms with E-state index in [9.17, 15) is 13.6 Å². The van der Waals surface area contributed by atoms with Crippen LogP contribution in [0.5, 0.6) is 0 Å². The van der Waals surface area contributed by atoms with E-state index in [2.05, 4.69) is 5.32 Å². The summed E-state index contributed by atoms with van der Waals surface area (Å²) in [5.74, 6) is -1.05. The number of hydrogen-bond donors (Lipinski definition) is 1. The lowest BCUT2D eigenvalue weighted by molar-refractivity contribution is 0.210. The van der Waals surface area contributed by atoms with Crippen molar-refractivity contribution in [2.24, 2.45) is 0 Å². The van der Waals surface area contributed by atoms with E-state index in [1.54, 1.807) is 7.05 Å². The molecular weight excluding hydrogens is 214 g/mol. The fourth-order valence-electron chi connectivity index (χ4n) is 1.13. The largest absolute Gasteiger partial charge is 0.334 e. The molecule has 0 radical (unpaired) electrons. The van der Waals surface area contributed by atoms with Crippen molar-refractivity contribution in [3.8, 4) is 0 Å². The maximum Gasteiger partial charge on any atom is 0.317 e. The molecule has 0 atom stereocenters. The van der Waals surface area contributed by atoms with Crippen LogP contribution in [0.15, 0.2) is 18.2 Å². The lowest BCUT2D eigenvalue weighted by Gasteiger charge is -2.15. The van der Waals surface area contributed by atoms with Crippen molar-refractivity contribution in [1.82, 2.24) is 10.2 Å². The average Bonchev–Trinajstić information content (AvgIpc) is 2.28. The van der Waals surface area contributed by atoms with Crippen molar-refractivity contribution < 1.29 is 13.6 Å². The fourth-order valence-corrected chi connectivity index (χ4v) is 1.13. The molecule has 0 saturated heterocycles. The monoisotopic (exact) mass is 228 g/mol. The van der Waals surface area contributed by atoms with Crippen molar-refractivity contribution >= 4 is 6.03 Å². The minimum absolute atomic E-state index is 0.0211. The number of carbonyl (C=O) groups is 1. The third-order valence-corrected chi connectivity index (χ3v) is 2.26. The Kier molecular flexibility index (Phi) is 4.22. The van der Waals surface area contributed by atoms with Gasteiger partial charge in [-0.05, 0) is 25.1 Å². The summed E-state index contributed by atoms with van der Waals surface area (Å²) in [5.41, 5.74) is 0.137. The van der Waals surface area contributed by atoms with Gasteiger partial charge in [0.2, 0.25) is 0 Å². The predicted octanol–water partition coefficient (Wildman–Crippen LogP) is 2.13. The molecule has 1 aromatic carbocycles. The van der Waals surface area contributed by atoms with Crippen molar-refractivity contribution in [2.75, 3.05) is 13.6 Å². The highest BCUT2D eigenvalue weighted by atomic mass is 19.1. The summed E-state index contributed by atoms with van der Waals surface area (Å²) >= 11 is 0. The third-order valence-electron chi connectivity index (χ3n) is 2.26. The highest BCUT2D eigenvalue weighted by Gasteiger charge is 2.08. The lowest BCUT2D eigenvalue weighted by Crippen LogP contribution is -2.36. The SMILES string of the molecule is CCN(C)C(=O)NCc1cc(F)ccc1F. The summed E-state index contributed by atoms with van der Waals surface area (Å²) in [7, 11) is 1.62. The number of rotatable bonds is 3. The molecule has 0 spiro atoms. The molecule has 1 rings (SSSR count). The molecule has 3 nitrogen and oxygen atoms in total. The van der Waals surface area contributed by atoms with E-state index < -0.39 is 11.6 Å². The quantitative estimate of drug-likeness (QED) is 0.844. The second-order valence-electron chi connectivity index (χ2n) is 3.41. The number of hydrogen-bond acceptors (Lipinski definition) is 1. The topological polar surface area (TPSA) is 32.3 Å². The molecule has 0 aliphatic heterocycles. The van der Waals surface area contributed by atoms with Gasteiger partial charge in [-0.1, -0.05) is 0 Å². The zero-order valence-corrected chi connectivity index (χ0v) is 9.26. The molecule has 2 amide bonds. The van der Waals surface area contributed by atoms with Gasteiger partial charge < -0.3 is 10.2 Å². The maximum atomic E-state index is 13.2. The Hall–Kier alpha value is -1.65. The second-order valence-corrected chi connectivity index (χ2v) is 3.41. The Bertz CT molecular complexity index is 382. The van der Waals surface area contributed by atoms with E-state index in [0.29, 0.717) is 6.54 Å². The van der Waals surface area contributed by atoms with Gasteiger partial charge in [0.15, 0.2) is 0 Å². The Labute approximate surface area is 93.1 Å². The first-order valence-corrected chi connectivity index (χ1v) is 4.97. The van der Waals surface area contributed by atoms with Crippen LogP contribution in [0.1, 0.15) is 12.5 Å². The van der Waals surface area contributed by atoms with Crippen molar-refractivity contribution in [1.29, 1.82) is 0 Å². The van der Waals surface area contributed by atoms with E-state index in [-0.39, 0.29) is 18.1 Å². The fraction of sp³-hybridized carbons (Fsp3) is 0.364. The molecule has 16 heavy (non-hydrogen) atoms. The molecule has 5 heteroatoms. The molecule has 0 fully saturated rings. The predicted molar refractivity (Wildman–Crippen MR) is 56.9 cm³/mol. The van der Waals surface area contributed by atoms with Crippen LogP contribution in [-0.4, -0.2) is 24.5 Å². The van der Waals surface area contributed by atoms with Gasteiger partial charge in [-0.15, -0.1) is 0 Å². The minimum Gasteiger partial charge on any atom is -0.334 e. The highest BCUT2D eigenvalue weighted by molar-refractivity contribution is 5.73. The van der Waals surface area contributed by atoms with Crippen LogP contribution in [0, 0.1) is 11.6 Å². The summed E-state index contributed by atoms with van der Waals surface area (Å²) in [4.78, 5) is 12.8. The van der Waals surface area contributed by atoms with Gasteiger partial charge in [0, 0.05) is 25.7 Å². The zero-order chi connectivity index (χ0) is 12.1. The highest BCUT2D eigenvalue weighted by Crippen LogP contribution is 2.09. The third kappa shape index (κ3) is 3.18. The number of urea groups is 1. The van der Waals surface area contributed by atoms with E-state index >= 15 is 0 Å². The number of amides is 2. The lowest BCUT2D eigenvalue weighted by atomic mass is 10.2. The maximum absolute atomic E-state index is 13.2. The normalized spacial score (nSPS) is 10.0. The van der Waals surface area contributed by atoms with Crippen LogP contribution in [0.25, 0.3) is 0 Å². The van der Waals surface area contributed by atoms with Crippen molar-refractivity contribution in [3.63, 3.8) is 0 Å². The van der Waals surface area contributed by atoms with Gasteiger partial charge >= 0.3 is 6.03 Å². The molecule has 0 aromatic heterocycles. The van der Waals surface area contributed by atoms with Crippen LogP contribution >= 0.6 is 0 Å². The standard InChI is InChI=1S/C11H14F2N2O/c1-3-15(2)11(16)14-7-8-6-9(12)4-5-10(8)13/h4-6H,3,7H2,1-2H3,(H,14,16). The second kappa shape index (κ2) is 5.44. The van der Waals surface area contributed by atoms with E-state index in [4.69, 9.17) is 0 Å². The van der Waals surface area contributed by atoms with Gasteiger partial charge in [0.25, 0.3) is 0 Å². The first-order valence-electron chi connectivity index (χ1n) is 4.97. The van der Waals surface area contributed by atoms with Crippen LogP contribution in [0.2, 0.25) is 0 Å². The first kappa shape index (κ1) is 12.4. The molecule has 0 heterocycles. The molecule has 1 N–H and O–H groups in total. The van der Waals surface area contributed by atoms with E-state index in [0.717, 1.165) is 18.2 Å². The molecule has 0 saturated carbocycles. The molecule has 88 valence electrons. The molecule has 1 aromatic rings. The molecule has 0 aliphatic rings. The van der Waals surface area contributed by atoms with Gasteiger partial charge in [0.05, 0.1) is 0 Å². The van der Waals surface area contributed by atoms with Crippen LogP contribution in [0.3, 0.4) is 0 Å². The smallest absolute Gasteiger partial charge is 0.317 e. The van der Waals surface area contributed by atoms with E-state index in [1.165, 1.54) is 4.90 Å². The molecular formula is C11H14F2N2O. The number of nitrogens with zero attached hydrogens (tertiary/aromatic N) is 1.